The topological polar surface area (TPSA) is 43.4 Å². The Labute approximate surface area is 254 Å². The molecule has 1 heterocycles. The van der Waals surface area contributed by atoms with E-state index in [1.54, 1.807) is 14.2 Å². The van der Waals surface area contributed by atoms with E-state index in [4.69, 9.17) is 14.5 Å². The SMILES string of the molecule is COc1cc(CCCCCCCCc2ccc(Nc3c4ccccc4nc4ccccc34)cc2)c2ccccc2c1OC. The number of anilines is 2. The number of hydrogen-bond donors (Lipinski definition) is 1. The first-order chi connectivity index (χ1) is 21.2. The maximum Gasteiger partial charge on any atom is 0.168 e. The molecule has 5 aromatic carbocycles. The predicted molar refractivity (Wildman–Crippen MR) is 181 cm³/mol. The molecule has 0 aliphatic rings. The van der Waals surface area contributed by atoms with E-state index in [0.717, 1.165) is 62.9 Å². The van der Waals surface area contributed by atoms with Crippen LogP contribution in [0.4, 0.5) is 11.4 Å². The molecule has 0 unspecified atom stereocenters. The number of aryl methyl sites for hydroxylation is 2. The third-order valence-electron chi connectivity index (χ3n) is 8.44. The number of nitrogens with one attached hydrogen (secondary N) is 1. The molecule has 1 N–H and O–H groups in total. The van der Waals surface area contributed by atoms with Crippen molar-refractivity contribution >= 4 is 44.0 Å². The lowest BCUT2D eigenvalue weighted by Gasteiger charge is -2.15. The molecule has 0 aliphatic heterocycles. The van der Waals surface area contributed by atoms with E-state index in [0.29, 0.717) is 0 Å². The predicted octanol–water partition coefficient (Wildman–Crippen LogP) is 10.4. The van der Waals surface area contributed by atoms with Gasteiger partial charge in [-0.15, -0.1) is 0 Å². The number of rotatable bonds is 13. The van der Waals surface area contributed by atoms with Crippen molar-refractivity contribution in [3.63, 3.8) is 0 Å². The Morgan fingerprint density at radius 1 is 0.558 bits per heavy atom. The zero-order valence-corrected chi connectivity index (χ0v) is 25.2. The van der Waals surface area contributed by atoms with Crippen LogP contribution in [-0.4, -0.2) is 19.2 Å². The summed E-state index contributed by atoms with van der Waals surface area (Å²) in [4.78, 5) is 4.85. The van der Waals surface area contributed by atoms with E-state index in [-0.39, 0.29) is 0 Å². The molecular formula is C39H40N2O2. The largest absolute Gasteiger partial charge is 0.493 e. The highest BCUT2D eigenvalue weighted by Crippen LogP contribution is 2.38. The molecule has 0 radical (unpaired) electrons. The summed E-state index contributed by atoms with van der Waals surface area (Å²) in [7, 11) is 3.43. The summed E-state index contributed by atoms with van der Waals surface area (Å²) in [5.41, 5.74) is 6.98. The van der Waals surface area contributed by atoms with Crippen molar-refractivity contribution in [2.75, 3.05) is 19.5 Å². The normalized spacial score (nSPS) is 11.3. The Hall–Kier alpha value is -4.57. The standard InChI is InChI=1S/C39H40N2O2/c1-42-37-27-29(31-17-9-10-18-32(31)39(37)43-2)16-8-6-4-3-5-7-15-28-23-25-30(26-24-28)40-38-33-19-11-13-21-35(33)41-36-22-14-12-20-34(36)38/h9-14,17-27H,3-8,15-16H2,1-2H3,(H,40,41). The van der Waals surface area contributed by atoms with E-state index in [9.17, 15) is 0 Å². The minimum Gasteiger partial charge on any atom is -0.493 e. The van der Waals surface area contributed by atoms with Gasteiger partial charge in [-0.1, -0.05) is 98.5 Å². The maximum atomic E-state index is 5.64. The van der Waals surface area contributed by atoms with Crippen LogP contribution in [0.3, 0.4) is 0 Å². The lowest BCUT2D eigenvalue weighted by molar-refractivity contribution is 0.358. The zero-order valence-electron chi connectivity index (χ0n) is 25.2. The van der Waals surface area contributed by atoms with Crippen molar-refractivity contribution in [2.24, 2.45) is 0 Å². The van der Waals surface area contributed by atoms with Crippen LogP contribution in [0.25, 0.3) is 32.6 Å². The Morgan fingerprint density at radius 3 is 1.74 bits per heavy atom. The van der Waals surface area contributed by atoms with E-state index in [2.05, 4.69) is 96.3 Å². The Balaban J connectivity index is 0.969. The highest BCUT2D eigenvalue weighted by atomic mass is 16.5. The van der Waals surface area contributed by atoms with Gasteiger partial charge >= 0.3 is 0 Å². The summed E-state index contributed by atoms with van der Waals surface area (Å²) >= 11 is 0. The van der Waals surface area contributed by atoms with Crippen LogP contribution < -0.4 is 14.8 Å². The second kappa shape index (κ2) is 13.6. The molecule has 0 aliphatic carbocycles. The Kier molecular flexibility index (Phi) is 9.03. The van der Waals surface area contributed by atoms with E-state index in [1.165, 1.54) is 55.0 Å². The molecule has 4 nitrogen and oxygen atoms in total. The number of pyridine rings is 1. The third kappa shape index (κ3) is 6.44. The number of nitrogens with zero attached hydrogens (tertiary/aromatic N) is 1. The highest BCUT2D eigenvalue weighted by Gasteiger charge is 2.13. The van der Waals surface area contributed by atoms with Crippen molar-refractivity contribution in [1.29, 1.82) is 0 Å². The van der Waals surface area contributed by atoms with Crippen molar-refractivity contribution in [3.8, 4) is 11.5 Å². The van der Waals surface area contributed by atoms with Crippen LogP contribution in [0.2, 0.25) is 0 Å². The number of aromatic nitrogens is 1. The van der Waals surface area contributed by atoms with E-state index >= 15 is 0 Å². The number of para-hydroxylation sites is 2. The molecule has 0 spiro atoms. The third-order valence-corrected chi connectivity index (χ3v) is 8.44. The first kappa shape index (κ1) is 28.5. The van der Waals surface area contributed by atoms with Crippen molar-refractivity contribution < 1.29 is 9.47 Å². The fourth-order valence-corrected chi connectivity index (χ4v) is 6.19. The number of unbranched alkanes of at least 4 members (excludes halogenated alkanes) is 5. The smallest absolute Gasteiger partial charge is 0.168 e. The van der Waals surface area contributed by atoms with Gasteiger partial charge in [0.15, 0.2) is 11.5 Å². The fraction of sp³-hybridized carbons (Fsp3) is 0.256. The summed E-state index contributed by atoms with van der Waals surface area (Å²) in [5.74, 6) is 1.64. The maximum absolute atomic E-state index is 5.64. The molecule has 0 saturated heterocycles. The van der Waals surface area contributed by atoms with Crippen LogP contribution in [0.5, 0.6) is 11.5 Å². The first-order valence-corrected chi connectivity index (χ1v) is 15.5. The van der Waals surface area contributed by atoms with Gasteiger partial charge in [0, 0.05) is 21.8 Å². The summed E-state index contributed by atoms with van der Waals surface area (Å²) in [5, 5.41) is 8.37. The summed E-state index contributed by atoms with van der Waals surface area (Å²) in [6.07, 6.45) is 9.69. The van der Waals surface area contributed by atoms with Gasteiger partial charge in [0.25, 0.3) is 0 Å². The minimum absolute atomic E-state index is 0.819. The summed E-state index contributed by atoms with van der Waals surface area (Å²) in [6, 6.07) is 36.3. The van der Waals surface area contributed by atoms with Gasteiger partial charge in [-0.05, 0) is 72.5 Å². The number of hydrogen-bond acceptors (Lipinski definition) is 4. The second-order valence-electron chi connectivity index (χ2n) is 11.3. The van der Waals surface area contributed by atoms with Gasteiger partial charge in [0.2, 0.25) is 0 Å². The van der Waals surface area contributed by atoms with Gasteiger partial charge in [0.05, 0.1) is 30.9 Å². The van der Waals surface area contributed by atoms with Crippen LogP contribution >= 0.6 is 0 Å². The van der Waals surface area contributed by atoms with Crippen LogP contribution in [-0.2, 0) is 12.8 Å². The average Bonchev–Trinajstić information content (AvgIpc) is 3.06. The number of fused-ring (bicyclic) bond motifs is 3. The second-order valence-corrected chi connectivity index (χ2v) is 11.3. The number of methoxy groups -OCH3 is 2. The Morgan fingerprint density at radius 2 is 1.12 bits per heavy atom. The summed E-state index contributed by atoms with van der Waals surface area (Å²) in [6.45, 7) is 0. The number of benzene rings is 5. The lowest BCUT2D eigenvalue weighted by atomic mass is 9.97. The molecule has 0 bridgehead atoms. The van der Waals surface area contributed by atoms with Crippen molar-refractivity contribution in [2.45, 2.75) is 51.4 Å². The molecule has 0 atom stereocenters. The molecule has 43 heavy (non-hydrogen) atoms. The fourth-order valence-electron chi connectivity index (χ4n) is 6.19. The van der Waals surface area contributed by atoms with Crippen LogP contribution in [0.15, 0.2) is 103 Å². The molecule has 0 fully saturated rings. The average molecular weight is 569 g/mol. The van der Waals surface area contributed by atoms with Gasteiger partial charge in [0.1, 0.15) is 0 Å². The molecule has 218 valence electrons. The monoisotopic (exact) mass is 568 g/mol. The quantitative estimate of drug-likeness (QED) is 0.111. The van der Waals surface area contributed by atoms with Crippen LogP contribution in [0, 0.1) is 0 Å². The highest BCUT2D eigenvalue weighted by molar-refractivity contribution is 6.08. The first-order valence-electron chi connectivity index (χ1n) is 15.5. The van der Waals surface area contributed by atoms with E-state index < -0.39 is 0 Å². The molecule has 4 heteroatoms. The molecule has 6 rings (SSSR count). The molecule has 6 aromatic rings. The molecule has 1 aromatic heterocycles. The van der Waals surface area contributed by atoms with Gasteiger partial charge in [-0.3, -0.25) is 0 Å². The Bertz CT molecular complexity index is 1770. The zero-order chi connectivity index (χ0) is 29.4. The van der Waals surface area contributed by atoms with E-state index in [1.807, 2.05) is 12.1 Å². The minimum atomic E-state index is 0.819. The molecule has 0 amide bonds. The lowest BCUT2D eigenvalue weighted by Crippen LogP contribution is -1.96. The van der Waals surface area contributed by atoms with Crippen molar-refractivity contribution in [1.82, 2.24) is 4.98 Å². The van der Waals surface area contributed by atoms with Crippen molar-refractivity contribution in [3.05, 3.63) is 114 Å². The van der Waals surface area contributed by atoms with Gasteiger partial charge < -0.3 is 14.8 Å². The molecular weight excluding hydrogens is 528 g/mol. The van der Waals surface area contributed by atoms with Gasteiger partial charge in [-0.25, -0.2) is 4.98 Å². The van der Waals surface area contributed by atoms with Gasteiger partial charge in [-0.2, -0.15) is 0 Å². The number of ether oxygens (including phenoxy) is 2. The van der Waals surface area contributed by atoms with Crippen LogP contribution in [0.1, 0.15) is 49.7 Å². The molecule has 0 saturated carbocycles. The summed E-state index contributed by atoms with van der Waals surface area (Å²) < 4.78 is 11.3.